The summed E-state index contributed by atoms with van der Waals surface area (Å²) in [6.07, 6.45) is 6.53. The normalized spacial score (nSPS) is 34.1. The monoisotopic (exact) mass is 137 g/mol. The first kappa shape index (κ1) is 7.63. The summed E-state index contributed by atoms with van der Waals surface area (Å²) in [4.78, 5) is 2.37. The van der Waals surface area contributed by atoms with Crippen LogP contribution in [-0.2, 0) is 0 Å². The van der Waals surface area contributed by atoms with E-state index in [-0.39, 0.29) is 0 Å². The van der Waals surface area contributed by atoms with Gasteiger partial charge in [0.25, 0.3) is 0 Å². The van der Waals surface area contributed by atoms with E-state index in [2.05, 4.69) is 24.7 Å². The molecule has 1 rings (SSSR count). The molecule has 0 bridgehead atoms. The van der Waals surface area contributed by atoms with Crippen LogP contribution < -0.4 is 0 Å². The van der Waals surface area contributed by atoms with Crippen LogP contribution in [0.1, 0.15) is 20.3 Å². The third kappa shape index (κ3) is 1.52. The lowest BCUT2D eigenvalue weighted by Gasteiger charge is -2.16. The van der Waals surface area contributed by atoms with Crippen LogP contribution in [-0.4, -0.2) is 24.0 Å². The lowest BCUT2D eigenvalue weighted by molar-refractivity contribution is 0.299. The summed E-state index contributed by atoms with van der Waals surface area (Å²) in [5.74, 6) is 3.52. The Morgan fingerprint density at radius 1 is 1.60 bits per heavy atom. The summed E-state index contributed by atoms with van der Waals surface area (Å²) >= 11 is 0. The van der Waals surface area contributed by atoms with Crippen molar-refractivity contribution in [1.29, 1.82) is 0 Å². The van der Waals surface area contributed by atoms with Crippen LogP contribution in [0.3, 0.4) is 0 Å². The fraction of sp³-hybridized carbons (Fsp3) is 0.778. The molecule has 1 nitrogen and oxygen atoms in total. The number of hydrogen-bond acceptors (Lipinski definition) is 1. The van der Waals surface area contributed by atoms with Gasteiger partial charge >= 0.3 is 0 Å². The largest absolute Gasteiger partial charge is 0.289 e. The molecule has 56 valence electrons. The van der Waals surface area contributed by atoms with Crippen molar-refractivity contribution in [2.24, 2.45) is 5.92 Å². The molecule has 1 heteroatoms. The smallest absolute Gasteiger partial charge is 0.0601 e. The molecule has 0 N–H and O–H groups in total. The van der Waals surface area contributed by atoms with Crippen molar-refractivity contribution in [3.8, 4) is 12.3 Å². The van der Waals surface area contributed by atoms with Crippen LogP contribution in [0.4, 0.5) is 0 Å². The van der Waals surface area contributed by atoms with Gasteiger partial charge in [-0.2, -0.15) is 0 Å². The highest BCUT2D eigenvalue weighted by Gasteiger charge is 2.24. The lowest BCUT2D eigenvalue weighted by Crippen LogP contribution is -2.27. The Bertz CT molecular complexity index is 145. The third-order valence-electron chi connectivity index (χ3n) is 2.21. The number of rotatable bonds is 1. The van der Waals surface area contributed by atoms with Gasteiger partial charge in [-0.25, -0.2) is 0 Å². The summed E-state index contributed by atoms with van der Waals surface area (Å²) in [6.45, 7) is 6.55. The molecule has 0 aromatic carbocycles. The Morgan fingerprint density at radius 3 is 2.70 bits per heavy atom. The quantitative estimate of drug-likeness (QED) is 0.493. The molecule has 1 fully saturated rings. The summed E-state index contributed by atoms with van der Waals surface area (Å²) in [5, 5.41) is 0. The van der Waals surface area contributed by atoms with E-state index in [1.165, 1.54) is 13.0 Å². The minimum atomic E-state index is 0.700. The molecule has 10 heavy (non-hydrogen) atoms. The van der Waals surface area contributed by atoms with E-state index in [9.17, 15) is 0 Å². The van der Waals surface area contributed by atoms with E-state index in [0.29, 0.717) is 6.04 Å². The second-order valence-corrected chi connectivity index (χ2v) is 3.32. The van der Waals surface area contributed by atoms with Crippen molar-refractivity contribution in [3.63, 3.8) is 0 Å². The molecule has 2 unspecified atom stereocenters. The molecule has 0 amide bonds. The predicted octanol–water partition coefficient (Wildman–Crippen LogP) is 1.35. The average molecular weight is 137 g/mol. The molecular formula is C9H15N. The number of terminal acetylenes is 1. The van der Waals surface area contributed by atoms with Crippen molar-refractivity contribution >= 4 is 0 Å². The zero-order chi connectivity index (χ0) is 7.56. The van der Waals surface area contributed by atoms with Crippen molar-refractivity contribution < 1.29 is 0 Å². The molecule has 1 aliphatic heterocycles. The predicted molar refractivity (Wildman–Crippen MR) is 43.6 cm³/mol. The molecule has 1 aliphatic rings. The summed E-state index contributed by atoms with van der Waals surface area (Å²) in [6, 6.07) is 0.700. The van der Waals surface area contributed by atoms with E-state index in [1.54, 1.807) is 0 Å². The zero-order valence-corrected chi connectivity index (χ0v) is 6.80. The highest BCUT2D eigenvalue weighted by atomic mass is 15.2. The maximum atomic E-state index is 5.22. The van der Waals surface area contributed by atoms with Crippen molar-refractivity contribution in [1.82, 2.24) is 4.90 Å². The minimum absolute atomic E-state index is 0.700. The molecule has 2 atom stereocenters. The van der Waals surface area contributed by atoms with Gasteiger partial charge in [0.1, 0.15) is 0 Å². The Kier molecular flexibility index (Phi) is 2.34. The Labute approximate surface area is 63.4 Å². The first-order chi connectivity index (χ1) is 4.74. The molecule has 0 radical (unpaired) electrons. The van der Waals surface area contributed by atoms with E-state index < -0.39 is 0 Å². The Balaban J connectivity index is 2.40. The van der Waals surface area contributed by atoms with E-state index >= 15 is 0 Å². The van der Waals surface area contributed by atoms with E-state index in [1.807, 2.05) is 0 Å². The summed E-state index contributed by atoms with van der Waals surface area (Å²) < 4.78 is 0. The van der Waals surface area contributed by atoms with Gasteiger partial charge < -0.3 is 0 Å². The SMILES string of the molecule is C#CCN1CC(C)CC1C. The topological polar surface area (TPSA) is 3.24 Å². The average Bonchev–Trinajstić information content (AvgIpc) is 2.13. The van der Waals surface area contributed by atoms with Crippen LogP contribution >= 0.6 is 0 Å². The van der Waals surface area contributed by atoms with Crippen molar-refractivity contribution in [3.05, 3.63) is 0 Å². The highest BCUT2D eigenvalue weighted by Crippen LogP contribution is 2.20. The molecule has 0 saturated carbocycles. The molecular weight excluding hydrogens is 122 g/mol. The van der Waals surface area contributed by atoms with Gasteiger partial charge in [-0.15, -0.1) is 6.42 Å². The summed E-state index contributed by atoms with van der Waals surface area (Å²) in [7, 11) is 0. The molecule has 0 aromatic heterocycles. The van der Waals surface area contributed by atoms with Gasteiger partial charge in [-0.3, -0.25) is 4.90 Å². The standard InChI is InChI=1S/C9H15N/c1-4-5-10-7-8(2)6-9(10)3/h1,8-9H,5-7H2,2-3H3. The molecule has 0 aliphatic carbocycles. The van der Waals surface area contributed by atoms with Gasteiger partial charge in [-0.05, 0) is 19.3 Å². The molecule has 0 spiro atoms. The minimum Gasteiger partial charge on any atom is -0.289 e. The van der Waals surface area contributed by atoms with Gasteiger partial charge in [0.15, 0.2) is 0 Å². The summed E-state index contributed by atoms with van der Waals surface area (Å²) in [5.41, 5.74) is 0. The van der Waals surface area contributed by atoms with E-state index in [4.69, 9.17) is 6.42 Å². The fourth-order valence-electron chi connectivity index (χ4n) is 1.72. The maximum Gasteiger partial charge on any atom is 0.0601 e. The van der Waals surface area contributed by atoms with Gasteiger partial charge in [-0.1, -0.05) is 12.8 Å². The first-order valence-corrected chi connectivity index (χ1v) is 3.91. The Hall–Kier alpha value is -0.480. The third-order valence-corrected chi connectivity index (χ3v) is 2.21. The molecule has 1 saturated heterocycles. The van der Waals surface area contributed by atoms with Crippen molar-refractivity contribution in [2.45, 2.75) is 26.3 Å². The highest BCUT2D eigenvalue weighted by molar-refractivity contribution is 4.92. The molecule has 0 aromatic rings. The fourth-order valence-corrected chi connectivity index (χ4v) is 1.72. The van der Waals surface area contributed by atoms with Crippen LogP contribution in [0.5, 0.6) is 0 Å². The van der Waals surface area contributed by atoms with E-state index in [0.717, 1.165) is 12.5 Å². The number of hydrogen-bond donors (Lipinski definition) is 0. The zero-order valence-electron chi connectivity index (χ0n) is 6.80. The van der Waals surface area contributed by atoms with Crippen LogP contribution in [0.25, 0.3) is 0 Å². The second-order valence-electron chi connectivity index (χ2n) is 3.32. The number of likely N-dealkylation sites (tertiary alicyclic amines) is 1. The second kappa shape index (κ2) is 3.07. The first-order valence-electron chi connectivity index (χ1n) is 3.91. The van der Waals surface area contributed by atoms with Gasteiger partial charge in [0, 0.05) is 12.6 Å². The van der Waals surface area contributed by atoms with Crippen LogP contribution in [0.2, 0.25) is 0 Å². The molecule has 1 heterocycles. The lowest BCUT2D eigenvalue weighted by atomic mass is 10.1. The van der Waals surface area contributed by atoms with Crippen molar-refractivity contribution in [2.75, 3.05) is 13.1 Å². The number of nitrogens with zero attached hydrogens (tertiary/aromatic N) is 1. The van der Waals surface area contributed by atoms with Gasteiger partial charge in [0.05, 0.1) is 6.54 Å². The maximum absolute atomic E-state index is 5.22. The Morgan fingerprint density at radius 2 is 2.30 bits per heavy atom. The van der Waals surface area contributed by atoms with Crippen LogP contribution in [0, 0.1) is 18.3 Å². The van der Waals surface area contributed by atoms with Gasteiger partial charge in [0.2, 0.25) is 0 Å². The van der Waals surface area contributed by atoms with Crippen LogP contribution in [0.15, 0.2) is 0 Å².